The van der Waals surface area contributed by atoms with E-state index < -0.39 is 0 Å². The van der Waals surface area contributed by atoms with Crippen molar-refractivity contribution in [2.24, 2.45) is 0 Å². The van der Waals surface area contributed by atoms with Crippen molar-refractivity contribution in [2.45, 2.75) is 13.3 Å². The number of hydrogen-bond acceptors (Lipinski definition) is 4. The lowest BCUT2D eigenvalue weighted by Crippen LogP contribution is -2.04. The van der Waals surface area contributed by atoms with Gasteiger partial charge in [-0.2, -0.15) is 0 Å². The number of hydrogen-bond donors (Lipinski definition) is 1. The summed E-state index contributed by atoms with van der Waals surface area (Å²) in [6.45, 7) is 4.04. The van der Waals surface area contributed by atoms with Crippen molar-refractivity contribution in [3.05, 3.63) is 18.2 Å². The average molecular weight is 225 g/mol. The highest BCUT2D eigenvalue weighted by atomic mass is 16.5. The molecular formula is C12H19NO3. The van der Waals surface area contributed by atoms with Crippen molar-refractivity contribution in [1.29, 1.82) is 0 Å². The van der Waals surface area contributed by atoms with E-state index in [2.05, 4.69) is 0 Å². The molecule has 0 aliphatic heterocycles. The Kier molecular flexibility index (Phi) is 5.50. The predicted molar refractivity (Wildman–Crippen MR) is 64.0 cm³/mol. The molecule has 1 aromatic rings. The van der Waals surface area contributed by atoms with E-state index in [9.17, 15) is 0 Å². The van der Waals surface area contributed by atoms with E-state index in [4.69, 9.17) is 19.9 Å². The molecule has 0 unspecified atom stereocenters. The minimum absolute atomic E-state index is 0.611. The molecule has 0 radical (unpaired) electrons. The Morgan fingerprint density at radius 1 is 1.19 bits per heavy atom. The molecule has 0 aliphatic rings. The fourth-order valence-electron chi connectivity index (χ4n) is 1.29. The van der Waals surface area contributed by atoms with E-state index in [1.807, 2.05) is 13.0 Å². The summed E-state index contributed by atoms with van der Waals surface area (Å²) in [5.74, 6) is 1.38. The number of ether oxygens (including phenoxy) is 3. The normalized spacial score (nSPS) is 10.1. The van der Waals surface area contributed by atoms with Gasteiger partial charge in [-0.05, 0) is 19.1 Å². The first-order chi connectivity index (χ1) is 7.77. The predicted octanol–water partition coefficient (Wildman–Crippen LogP) is 2.08. The van der Waals surface area contributed by atoms with Crippen molar-refractivity contribution in [3.63, 3.8) is 0 Å². The second kappa shape index (κ2) is 6.95. The fourth-order valence-corrected chi connectivity index (χ4v) is 1.29. The number of benzene rings is 1. The van der Waals surface area contributed by atoms with Crippen LogP contribution in [0.3, 0.4) is 0 Å². The van der Waals surface area contributed by atoms with Crippen molar-refractivity contribution >= 4 is 5.69 Å². The molecule has 4 heteroatoms. The van der Waals surface area contributed by atoms with Gasteiger partial charge in [0.1, 0.15) is 0 Å². The summed E-state index contributed by atoms with van der Waals surface area (Å²) in [4.78, 5) is 0. The van der Waals surface area contributed by atoms with Crippen LogP contribution in [0.25, 0.3) is 0 Å². The van der Waals surface area contributed by atoms with Crippen LogP contribution >= 0.6 is 0 Å². The zero-order valence-electron chi connectivity index (χ0n) is 9.86. The van der Waals surface area contributed by atoms with Gasteiger partial charge in [-0.1, -0.05) is 0 Å². The SMILES string of the molecule is CCOCCCOc1ccc(N)cc1OC. The first-order valence-corrected chi connectivity index (χ1v) is 5.42. The molecule has 0 amide bonds. The maximum Gasteiger partial charge on any atom is 0.162 e. The third kappa shape index (κ3) is 3.98. The summed E-state index contributed by atoms with van der Waals surface area (Å²) in [6, 6.07) is 5.35. The first-order valence-electron chi connectivity index (χ1n) is 5.42. The Balaban J connectivity index is 2.41. The molecular weight excluding hydrogens is 206 g/mol. The number of rotatable bonds is 7. The Bertz CT molecular complexity index is 315. The van der Waals surface area contributed by atoms with Crippen LogP contribution < -0.4 is 15.2 Å². The smallest absolute Gasteiger partial charge is 0.162 e. The Morgan fingerprint density at radius 2 is 2.00 bits per heavy atom. The molecule has 0 bridgehead atoms. The molecule has 4 nitrogen and oxygen atoms in total. The Morgan fingerprint density at radius 3 is 2.69 bits per heavy atom. The highest BCUT2D eigenvalue weighted by Crippen LogP contribution is 2.28. The van der Waals surface area contributed by atoms with E-state index in [1.54, 1.807) is 19.2 Å². The monoisotopic (exact) mass is 225 g/mol. The zero-order valence-corrected chi connectivity index (χ0v) is 9.86. The number of anilines is 1. The molecule has 0 fully saturated rings. The third-order valence-corrected chi connectivity index (χ3v) is 2.08. The second-order valence-corrected chi connectivity index (χ2v) is 3.31. The molecule has 0 heterocycles. The standard InChI is InChI=1S/C12H19NO3/c1-3-15-7-4-8-16-11-6-5-10(13)9-12(11)14-2/h5-6,9H,3-4,7-8,13H2,1-2H3. The van der Waals surface area contributed by atoms with Gasteiger partial charge in [0.15, 0.2) is 11.5 Å². The van der Waals surface area contributed by atoms with E-state index in [0.717, 1.165) is 13.0 Å². The molecule has 0 saturated carbocycles. The molecule has 16 heavy (non-hydrogen) atoms. The number of methoxy groups -OCH3 is 1. The van der Waals surface area contributed by atoms with Crippen molar-refractivity contribution in [3.8, 4) is 11.5 Å². The average Bonchev–Trinajstić information content (AvgIpc) is 2.30. The van der Waals surface area contributed by atoms with Gasteiger partial charge in [0, 0.05) is 31.4 Å². The fraction of sp³-hybridized carbons (Fsp3) is 0.500. The second-order valence-electron chi connectivity index (χ2n) is 3.31. The lowest BCUT2D eigenvalue weighted by atomic mass is 10.3. The Labute approximate surface area is 96.3 Å². The number of nitrogen functional groups attached to an aromatic ring is 1. The summed E-state index contributed by atoms with van der Waals surface area (Å²) in [5, 5.41) is 0. The highest BCUT2D eigenvalue weighted by Gasteiger charge is 2.03. The van der Waals surface area contributed by atoms with Crippen LogP contribution in [0.1, 0.15) is 13.3 Å². The maximum absolute atomic E-state index is 5.64. The van der Waals surface area contributed by atoms with Gasteiger partial charge in [-0.15, -0.1) is 0 Å². The lowest BCUT2D eigenvalue weighted by Gasteiger charge is -2.11. The van der Waals surface area contributed by atoms with Gasteiger partial charge in [-0.3, -0.25) is 0 Å². The van der Waals surface area contributed by atoms with Crippen molar-refractivity contribution in [2.75, 3.05) is 32.7 Å². The molecule has 1 aromatic carbocycles. The van der Waals surface area contributed by atoms with Crippen LogP contribution in [-0.2, 0) is 4.74 Å². The summed E-state index contributed by atoms with van der Waals surface area (Å²) in [5.41, 5.74) is 6.31. The molecule has 0 saturated heterocycles. The highest BCUT2D eigenvalue weighted by molar-refractivity contribution is 5.51. The lowest BCUT2D eigenvalue weighted by molar-refractivity contribution is 0.130. The summed E-state index contributed by atoms with van der Waals surface area (Å²) in [7, 11) is 1.60. The third-order valence-electron chi connectivity index (χ3n) is 2.08. The topological polar surface area (TPSA) is 53.7 Å². The van der Waals surface area contributed by atoms with Gasteiger partial charge in [0.25, 0.3) is 0 Å². The van der Waals surface area contributed by atoms with Gasteiger partial charge in [-0.25, -0.2) is 0 Å². The quantitative estimate of drug-likeness (QED) is 0.570. The zero-order chi connectivity index (χ0) is 11.8. The number of nitrogens with two attached hydrogens (primary N) is 1. The van der Waals surface area contributed by atoms with E-state index in [1.165, 1.54) is 0 Å². The molecule has 0 atom stereocenters. The Hall–Kier alpha value is -1.42. The van der Waals surface area contributed by atoms with Gasteiger partial charge in [0.2, 0.25) is 0 Å². The van der Waals surface area contributed by atoms with Crippen LogP contribution in [0, 0.1) is 0 Å². The molecule has 0 aromatic heterocycles. The minimum atomic E-state index is 0.611. The van der Waals surface area contributed by atoms with Gasteiger partial charge in [0.05, 0.1) is 13.7 Å². The van der Waals surface area contributed by atoms with Crippen molar-refractivity contribution < 1.29 is 14.2 Å². The van der Waals surface area contributed by atoms with E-state index >= 15 is 0 Å². The van der Waals surface area contributed by atoms with Gasteiger partial charge >= 0.3 is 0 Å². The molecule has 2 N–H and O–H groups in total. The van der Waals surface area contributed by atoms with Crippen LogP contribution in [0.2, 0.25) is 0 Å². The summed E-state index contributed by atoms with van der Waals surface area (Å²) in [6.07, 6.45) is 0.862. The van der Waals surface area contributed by atoms with Crippen LogP contribution in [0.15, 0.2) is 18.2 Å². The van der Waals surface area contributed by atoms with Gasteiger partial charge < -0.3 is 19.9 Å². The molecule has 0 spiro atoms. The maximum atomic E-state index is 5.64. The molecule has 1 rings (SSSR count). The van der Waals surface area contributed by atoms with E-state index in [0.29, 0.717) is 30.4 Å². The van der Waals surface area contributed by atoms with E-state index in [-0.39, 0.29) is 0 Å². The molecule has 0 aliphatic carbocycles. The summed E-state index contributed by atoms with van der Waals surface area (Å²) >= 11 is 0. The molecule has 90 valence electrons. The minimum Gasteiger partial charge on any atom is -0.493 e. The van der Waals surface area contributed by atoms with Crippen LogP contribution in [-0.4, -0.2) is 26.9 Å². The first kappa shape index (κ1) is 12.6. The van der Waals surface area contributed by atoms with Crippen LogP contribution in [0.5, 0.6) is 11.5 Å². The summed E-state index contributed by atoms with van der Waals surface area (Å²) < 4.78 is 16.0. The largest absolute Gasteiger partial charge is 0.493 e. The van der Waals surface area contributed by atoms with Crippen molar-refractivity contribution in [1.82, 2.24) is 0 Å². The van der Waals surface area contributed by atoms with Crippen LogP contribution in [0.4, 0.5) is 5.69 Å².